The average molecular weight is 409 g/mol. The number of hydrogen-bond acceptors (Lipinski definition) is 7. The van der Waals surface area contributed by atoms with Crippen LogP contribution in [0, 0.1) is 11.7 Å². The van der Waals surface area contributed by atoms with E-state index in [2.05, 4.69) is 20.3 Å². The van der Waals surface area contributed by atoms with Crippen LogP contribution in [-0.2, 0) is 16.8 Å². The number of rotatable bonds is 4. The lowest BCUT2D eigenvalue weighted by molar-refractivity contribution is -0.109. The number of nitrogens with zero attached hydrogens (tertiary/aromatic N) is 5. The Morgan fingerprint density at radius 3 is 2.83 bits per heavy atom. The van der Waals surface area contributed by atoms with E-state index in [0.717, 1.165) is 25.7 Å². The van der Waals surface area contributed by atoms with Crippen LogP contribution >= 0.6 is 0 Å². The van der Waals surface area contributed by atoms with Crippen LogP contribution in [0.1, 0.15) is 45.1 Å². The number of fused-ring (bicyclic) bond motifs is 2. The van der Waals surface area contributed by atoms with Crippen molar-refractivity contribution in [2.24, 2.45) is 5.92 Å². The van der Waals surface area contributed by atoms with Crippen molar-refractivity contribution in [3.05, 3.63) is 23.6 Å². The lowest BCUT2D eigenvalue weighted by Crippen LogP contribution is -2.34. The largest absolute Gasteiger partial charge is 0.383 e. The van der Waals surface area contributed by atoms with Gasteiger partial charge in [0.1, 0.15) is 29.4 Å². The van der Waals surface area contributed by atoms with Crippen LogP contribution in [-0.4, -0.2) is 37.1 Å². The summed E-state index contributed by atoms with van der Waals surface area (Å²) in [7, 11) is 0. The Morgan fingerprint density at radius 2 is 2.10 bits per heavy atom. The van der Waals surface area contributed by atoms with E-state index in [9.17, 15) is 9.18 Å². The standard InChI is InChI=1S/C21H24FN7O/c1-21(2)14(10-30)25-18-15(21)17(23)26-19(27-18)16-13-7-12(22)8-24-20(13)29(28-16)9-11-5-3-4-6-11/h7-8,10-11,14H,3-6,9H2,1-2H3,(H3,23,25,26,27). The number of aromatic nitrogens is 5. The first-order chi connectivity index (χ1) is 14.4. The molecular weight excluding hydrogens is 385 g/mol. The molecule has 4 heterocycles. The van der Waals surface area contributed by atoms with Crippen molar-refractivity contribution in [3.8, 4) is 11.5 Å². The maximum atomic E-state index is 14.0. The van der Waals surface area contributed by atoms with Gasteiger partial charge in [-0.15, -0.1) is 0 Å². The highest BCUT2D eigenvalue weighted by Gasteiger charge is 2.43. The molecule has 0 saturated heterocycles. The summed E-state index contributed by atoms with van der Waals surface area (Å²) in [5.74, 6) is 1.19. The summed E-state index contributed by atoms with van der Waals surface area (Å²) in [6.07, 6.45) is 6.82. The molecule has 1 fully saturated rings. The van der Waals surface area contributed by atoms with Crippen molar-refractivity contribution in [2.75, 3.05) is 11.1 Å². The fourth-order valence-corrected chi connectivity index (χ4v) is 4.77. The number of anilines is 2. The van der Waals surface area contributed by atoms with Crippen LogP contribution in [0.25, 0.3) is 22.6 Å². The Balaban J connectivity index is 1.64. The molecule has 1 unspecified atom stereocenters. The average Bonchev–Trinajstić information content (AvgIpc) is 3.39. The maximum absolute atomic E-state index is 14.0. The molecule has 30 heavy (non-hydrogen) atoms. The number of carbonyl (C=O) groups is 1. The van der Waals surface area contributed by atoms with Gasteiger partial charge in [-0.05, 0) is 24.8 Å². The van der Waals surface area contributed by atoms with Gasteiger partial charge in [-0.2, -0.15) is 5.10 Å². The zero-order chi connectivity index (χ0) is 21.0. The summed E-state index contributed by atoms with van der Waals surface area (Å²) in [6.45, 7) is 4.58. The van der Waals surface area contributed by atoms with Gasteiger partial charge in [-0.25, -0.2) is 24.0 Å². The minimum absolute atomic E-state index is 0.291. The molecule has 1 aliphatic heterocycles. The molecule has 3 aromatic rings. The van der Waals surface area contributed by atoms with E-state index in [4.69, 9.17) is 10.8 Å². The predicted octanol–water partition coefficient (Wildman–Crippen LogP) is 3.07. The maximum Gasteiger partial charge on any atom is 0.184 e. The number of aldehydes is 1. The van der Waals surface area contributed by atoms with Crippen LogP contribution in [0.4, 0.5) is 16.0 Å². The third-order valence-electron chi connectivity index (χ3n) is 6.46. The number of hydrogen-bond donors (Lipinski definition) is 2. The summed E-state index contributed by atoms with van der Waals surface area (Å²) in [4.78, 5) is 24.9. The highest BCUT2D eigenvalue weighted by atomic mass is 19.1. The van der Waals surface area contributed by atoms with E-state index in [1.54, 1.807) is 0 Å². The second-order valence-corrected chi connectivity index (χ2v) is 8.84. The van der Waals surface area contributed by atoms with Crippen molar-refractivity contribution < 1.29 is 9.18 Å². The van der Waals surface area contributed by atoms with E-state index >= 15 is 0 Å². The molecule has 9 heteroatoms. The molecule has 0 spiro atoms. The van der Waals surface area contributed by atoms with Gasteiger partial charge in [0, 0.05) is 17.5 Å². The Labute approximate surface area is 173 Å². The number of pyridine rings is 1. The third kappa shape index (κ3) is 2.83. The Kier molecular flexibility index (Phi) is 4.23. The normalized spacial score (nSPS) is 20.4. The van der Waals surface area contributed by atoms with E-state index in [1.165, 1.54) is 25.1 Å². The lowest BCUT2D eigenvalue weighted by Gasteiger charge is -2.23. The number of nitrogens with two attached hydrogens (primary N) is 1. The Morgan fingerprint density at radius 1 is 1.33 bits per heavy atom. The summed E-state index contributed by atoms with van der Waals surface area (Å²) in [5, 5.41) is 8.40. The molecule has 0 aromatic carbocycles. The minimum Gasteiger partial charge on any atom is -0.383 e. The third-order valence-corrected chi connectivity index (χ3v) is 6.46. The molecule has 1 aliphatic carbocycles. The van der Waals surface area contributed by atoms with Gasteiger partial charge >= 0.3 is 0 Å². The van der Waals surface area contributed by atoms with Gasteiger partial charge in [0.2, 0.25) is 0 Å². The SMILES string of the molecule is CC1(C)c2c(N)nc(-c3nn(CC4CCCC4)c4ncc(F)cc34)nc2NC1C=O. The van der Waals surface area contributed by atoms with Crippen molar-refractivity contribution in [1.29, 1.82) is 0 Å². The molecule has 0 radical (unpaired) electrons. The number of carbonyl (C=O) groups excluding carboxylic acids is 1. The van der Waals surface area contributed by atoms with Gasteiger partial charge in [-0.3, -0.25) is 0 Å². The Bertz CT molecular complexity index is 1150. The first-order valence-corrected chi connectivity index (χ1v) is 10.3. The number of halogens is 1. The van der Waals surface area contributed by atoms with Crippen LogP contribution < -0.4 is 11.1 Å². The molecule has 2 aliphatic rings. The molecule has 1 atom stereocenters. The lowest BCUT2D eigenvalue weighted by atomic mass is 9.82. The monoisotopic (exact) mass is 409 g/mol. The molecule has 0 amide bonds. The fourth-order valence-electron chi connectivity index (χ4n) is 4.77. The van der Waals surface area contributed by atoms with Crippen molar-refractivity contribution >= 4 is 29.0 Å². The first-order valence-electron chi connectivity index (χ1n) is 10.3. The van der Waals surface area contributed by atoms with E-state index in [1.807, 2.05) is 18.5 Å². The smallest absolute Gasteiger partial charge is 0.184 e. The molecule has 3 aromatic heterocycles. The summed E-state index contributed by atoms with van der Waals surface area (Å²) in [6, 6.07) is 0.962. The molecular formula is C21H24FN7O. The minimum atomic E-state index is -0.530. The fraction of sp³-hybridized carbons (Fsp3) is 0.476. The summed E-state index contributed by atoms with van der Waals surface area (Å²) in [5.41, 5.74) is 7.52. The molecule has 5 rings (SSSR count). The van der Waals surface area contributed by atoms with Crippen molar-refractivity contribution in [3.63, 3.8) is 0 Å². The molecule has 156 valence electrons. The van der Waals surface area contributed by atoms with Gasteiger partial charge in [0.05, 0.1) is 17.6 Å². The van der Waals surface area contributed by atoms with Crippen LogP contribution in [0.2, 0.25) is 0 Å². The van der Waals surface area contributed by atoms with Gasteiger partial charge < -0.3 is 15.8 Å². The van der Waals surface area contributed by atoms with Crippen LogP contribution in [0.15, 0.2) is 12.3 Å². The second-order valence-electron chi connectivity index (χ2n) is 8.84. The van der Waals surface area contributed by atoms with Gasteiger partial charge in [0.25, 0.3) is 0 Å². The second kappa shape index (κ2) is 6.72. The first kappa shape index (κ1) is 18.9. The zero-order valence-corrected chi connectivity index (χ0v) is 17.0. The van der Waals surface area contributed by atoms with Crippen molar-refractivity contribution in [2.45, 2.75) is 57.5 Å². The van der Waals surface area contributed by atoms with Gasteiger partial charge in [-0.1, -0.05) is 26.7 Å². The van der Waals surface area contributed by atoms with E-state index in [0.29, 0.717) is 45.7 Å². The molecule has 1 saturated carbocycles. The molecule has 3 N–H and O–H groups in total. The zero-order valence-electron chi connectivity index (χ0n) is 17.0. The van der Waals surface area contributed by atoms with Crippen LogP contribution in [0.5, 0.6) is 0 Å². The highest BCUT2D eigenvalue weighted by molar-refractivity contribution is 5.90. The molecule has 0 bridgehead atoms. The highest BCUT2D eigenvalue weighted by Crippen LogP contribution is 2.43. The summed E-state index contributed by atoms with van der Waals surface area (Å²) < 4.78 is 15.9. The quantitative estimate of drug-likeness (QED) is 0.637. The summed E-state index contributed by atoms with van der Waals surface area (Å²) >= 11 is 0. The van der Waals surface area contributed by atoms with Crippen LogP contribution in [0.3, 0.4) is 0 Å². The van der Waals surface area contributed by atoms with E-state index < -0.39 is 17.3 Å². The van der Waals surface area contributed by atoms with E-state index in [-0.39, 0.29) is 0 Å². The van der Waals surface area contributed by atoms with Gasteiger partial charge in [0.15, 0.2) is 11.5 Å². The molecule has 8 nitrogen and oxygen atoms in total. The topological polar surface area (TPSA) is 112 Å². The van der Waals surface area contributed by atoms with Crippen molar-refractivity contribution in [1.82, 2.24) is 24.7 Å². The number of nitrogen functional groups attached to an aromatic ring is 1. The predicted molar refractivity (Wildman–Crippen MR) is 111 cm³/mol. The Hall–Kier alpha value is -3.10. The number of nitrogens with one attached hydrogen (secondary N) is 1.